The van der Waals surface area contributed by atoms with Crippen LogP contribution in [-0.2, 0) is 11.2 Å². The molecule has 0 atom stereocenters. The molecule has 0 aliphatic rings. The molecule has 0 heterocycles. The van der Waals surface area contributed by atoms with E-state index < -0.39 is 0 Å². The van der Waals surface area contributed by atoms with Crippen molar-refractivity contribution >= 4 is 18.3 Å². The van der Waals surface area contributed by atoms with Crippen LogP contribution < -0.4 is 15.8 Å². The van der Waals surface area contributed by atoms with E-state index in [1.165, 1.54) is 0 Å². The first-order chi connectivity index (χ1) is 8.26. The highest BCUT2D eigenvalue weighted by Crippen LogP contribution is 2.13. The molecule has 4 nitrogen and oxygen atoms in total. The van der Waals surface area contributed by atoms with Gasteiger partial charge in [0.1, 0.15) is 5.75 Å². The Balaban J connectivity index is 0.00000289. The van der Waals surface area contributed by atoms with E-state index in [0.717, 1.165) is 24.2 Å². The van der Waals surface area contributed by atoms with Gasteiger partial charge in [0.2, 0.25) is 5.91 Å². The zero-order valence-electron chi connectivity index (χ0n) is 10.6. The summed E-state index contributed by atoms with van der Waals surface area (Å²) in [6.07, 6.45) is 2.13. The smallest absolute Gasteiger partial charge is 0.220 e. The topological polar surface area (TPSA) is 64.3 Å². The van der Waals surface area contributed by atoms with E-state index in [-0.39, 0.29) is 18.3 Å². The van der Waals surface area contributed by atoms with Crippen LogP contribution in [0, 0.1) is 0 Å². The summed E-state index contributed by atoms with van der Waals surface area (Å²) in [4.78, 5) is 11.1. The molecule has 0 unspecified atom stereocenters. The molecule has 0 radical (unpaired) electrons. The minimum atomic E-state index is 0. The van der Waals surface area contributed by atoms with E-state index in [0.29, 0.717) is 19.6 Å². The number of rotatable bonds is 7. The Labute approximate surface area is 114 Å². The van der Waals surface area contributed by atoms with Gasteiger partial charge in [-0.05, 0) is 37.1 Å². The van der Waals surface area contributed by atoms with Crippen LogP contribution in [0.4, 0.5) is 0 Å². The van der Waals surface area contributed by atoms with Crippen LogP contribution >= 0.6 is 12.4 Å². The number of benzene rings is 1. The molecule has 0 spiro atoms. The Hall–Kier alpha value is -1.26. The Kier molecular flexibility index (Phi) is 9.06. The largest absolute Gasteiger partial charge is 0.494 e. The molecule has 3 N–H and O–H groups in total. The van der Waals surface area contributed by atoms with Crippen LogP contribution in [0.15, 0.2) is 24.3 Å². The molecule has 1 aromatic carbocycles. The number of ether oxygens (including phenoxy) is 1. The fraction of sp³-hybridized carbons (Fsp3) is 0.462. The van der Waals surface area contributed by atoms with Crippen LogP contribution in [0.3, 0.4) is 0 Å². The van der Waals surface area contributed by atoms with Crippen molar-refractivity contribution in [1.29, 1.82) is 0 Å². The highest BCUT2D eigenvalue weighted by Gasteiger charge is 2.00. The normalized spacial score (nSPS) is 9.44. The Morgan fingerprint density at radius 3 is 2.56 bits per heavy atom. The zero-order chi connectivity index (χ0) is 12.5. The molecule has 0 aliphatic heterocycles. The van der Waals surface area contributed by atoms with Gasteiger partial charge in [-0.2, -0.15) is 0 Å². The summed E-state index contributed by atoms with van der Waals surface area (Å²) in [6, 6.07) is 7.83. The second-order valence-electron chi connectivity index (χ2n) is 3.81. The van der Waals surface area contributed by atoms with Crippen LogP contribution in [0.1, 0.15) is 18.4 Å². The van der Waals surface area contributed by atoms with Crippen molar-refractivity contribution in [1.82, 2.24) is 5.32 Å². The summed E-state index contributed by atoms with van der Waals surface area (Å²) in [7, 11) is 1.65. The zero-order valence-corrected chi connectivity index (χ0v) is 11.5. The first kappa shape index (κ1) is 16.7. The fourth-order valence-electron chi connectivity index (χ4n) is 1.41. The summed E-state index contributed by atoms with van der Waals surface area (Å²) >= 11 is 0. The standard InChI is InChI=1S/C13H20N2O2.ClH/c1-15-13(16)8-5-11-3-6-12(7-4-11)17-10-2-9-14;/h3-4,6-7H,2,5,8-10,14H2,1H3,(H,15,16);1H. The van der Waals surface area contributed by atoms with Gasteiger partial charge in [0, 0.05) is 13.5 Å². The number of carbonyl (C=O) groups excluding carboxylic acids is 1. The maximum absolute atomic E-state index is 11.1. The molecule has 1 amide bonds. The van der Waals surface area contributed by atoms with Crippen molar-refractivity contribution in [3.05, 3.63) is 29.8 Å². The van der Waals surface area contributed by atoms with E-state index in [1.807, 2.05) is 24.3 Å². The van der Waals surface area contributed by atoms with Crippen molar-refractivity contribution in [2.75, 3.05) is 20.2 Å². The summed E-state index contributed by atoms with van der Waals surface area (Å²) < 4.78 is 5.49. The maximum Gasteiger partial charge on any atom is 0.220 e. The van der Waals surface area contributed by atoms with E-state index in [4.69, 9.17) is 10.5 Å². The molecule has 18 heavy (non-hydrogen) atoms. The van der Waals surface area contributed by atoms with Crippen molar-refractivity contribution in [2.45, 2.75) is 19.3 Å². The average molecular weight is 273 g/mol. The number of hydrogen-bond donors (Lipinski definition) is 2. The van der Waals surface area contributed by atoms with Crippen molar-refractivity contribution in [3.8, 4) is 5.75 Å². The fourth-order valence-corrected chi connectivity index (χ4v) is 1.41. The summed E-state index contributed by atoms with van der Waals surface area (Å²) in [6.45, 7) is 1.29. The van der Waals surface area contributed by atoms with Crippen molar-refractivity contribution in [3.63, 3.8) is 0 Å². The van der Waals surface area contributed by atoms with Crippen molar-refractivity contribution < 1.29 is 9.53 Å². The van der Waals surface area contributed by atoms with Gasteiger partial charge < -0.3 is 15.8 Å². The minimum Gasteiger partial charge on any atom is -0.494 e. The maximum atomic E-state index is 11.1. The number of nitrogens with two attached hydrogens (primary N) is 1. The number of carbonyl (C=O) groups is 1. The Morgan fingerprint density at radius 1 is 1.33 bits per heavy atom. The lowest BCUT2D eigenvalue weighted by Crippen LogP contribution is -2.17. The molecule has 1 rings (SSSR count). The third kappa shape index (κ3) is 6.47. The summed E-state index contributed by atoms with van der Waals surface area (Å²) in [5.41, 5.74) is 6.52. The summed E-state index contributed by atoms with van der Waals surface area (Å²) in [5, 5.41) is 2.61. The molecular weight excluding hydrogens is 252 g/mol. The number of aryl methyl sites for hydroxylation is 1. The number of nitrogens with one attached hydrogen (secondary N) is 1. The third-order valence-corrected chi connectivity index (χ3v) is 2.46. The number of hydrogen-bond acceptors (Lipinski definition) is 3. The molecule has 0 fully saturated rings. The second-order valence-corrected chi connectivity index (χ2v) is 3.81. The molecule has 0 aliphatic carbocycles. The van der Waals surface area contributed by atoms with Gasteiger partial charge in [-0.25, -0.2) is 0 Å². The monoisotopic (exact) mass is 272 g/mol. The molecule has 0 saturated heterocycles. The SMILES string of the molecule is CNC(=O)CCc1ccc(OCCCN)cc1.Cl. The van der Waals surface area contributed by atoms with Gasteiger partial charge in [-0.3, -0.25) is 4.79 Å². The molecule has 5 heteroatoms. The molecule has 1 aromatic rings. The van der Waals surface area contributed by atoms with Gasteiger partial charge >= 0.3 is 0 Å². The highest BCUT2D eigenvalue weighted by atomic mass is 35.5. The lowest BCUT2D eigenvalue weighted by molar-refractivity contribution is -0.120. The van der Waals surface area contributed by atoms with Gasteiger partial charge in [-0.15, -0.1) is 12.4 Å². The van der Waals surface area contributed by atoms with Crippen molar-refractivity contribution in [2.24, 2.45) is 5.73 Å². The lowest BCUT2D eigenvalue weighted by Gasteiger charge is -2.06. The van der Waals surface area contributed by atoms with E-state index in [2.05, 4.69) is 5.32 Å². The minimum absolute atomic E-state index is 0. The van der Waals surface area contributed by atoms with Gasteiger partial charge in [0.05, 0.1) is 6.61 Å². The molecule has 102 valence electrons. The van der Waals surface area contributed by atoms with E-state index >= 15 is 0 Å². The second kappa shape index (κ2) is 9.74. The average Bonchev–Trinajstić information content (AvgIpc) is 2.37. The Bertz CT molecular complexity index is 341. The van der Waals surface area contributed by atoms with Crippen LogP contribution in [0.5, 0.6) is 5.75 Å². The molecular formula is C13H21ClN2O2. The summed E-state index contributed by atoms with van der Waals surface area (Å²) in [5.74, 6) is 0.912. The quantitative estimate of drug-likeness (QED) is 0.740. The first-order valence-electron chi connectivity index (χ1n) is 5.88. The van der Waals surface area contributed by atoms with Gasteiger partial charge in [0.15, 0.2) is 0 Å². The van der Waals surface area contributed by atoms with Crippen LogP contribution in [0.25, 0.3) is 0 Å². The third-order valence-electron chi connectivity index (χ3n) is 2.46. The lowest BCUT2D eigenvalue weighted by atomic mass is 10.1. The number of amides is 1. The molecule has 0 aromatic heterocycles. The first-order valence-corrected chi connectivity index (χ1v) is 5.88. The van der Waals surface area contributed by atoms with Gasteiger partial charge in [0.25, 0.3) is 0 Å². The van der Waals surface area contributed by atoms with E-state index in [9.17, 15) is 4.79 Å². The number of halogens is 1. The van der Waals surface area contributed by atoms with Gasteiger partial charge in [-0.1, -0.05) is 12.1 Å². The van der Waals surface area contributed by atoms with E-state index in [1.54, 1.807) is 7.05 Å². The predicted molar refractivity (Wildman–Crippen MR) is 75.2 cm³/mol. The highest BCUT2D eigenvalue weighted by molar-refractivity contribution is 5.85. The van der Waals surface area contributed by atoms with Crippen LogP contribution in [-0.4, -0.2) is 26.1 Å². The Morgan fingerprint density at radius 2 is 2.00 bits per heavy atom. The predicted octanol–water partition coefficient (Wildman–Crippen LogP) is 1.51. The van der Waals surface area contributed by atoms with Crippen LogP contribution in [0.2, 0.25) is 0 Å². The molecule has 0 saturated carbocycles. The molecule has 0 bridgehead atoms.